The number of aliphatic hydroxyl groups excluding tert-OH is 2. The van der Waals surface area contributed by atoms with E-state index in [2.05, 4.69) is 0 Å². The Bertz CT molecular complexity index is 1080. The Labute approximate surface area is 259 Å². The van der Waals surface area contributed by atoms with Gasteiger partial charge < -0.3 is 43.5 Å². The first-order chi connectivity index (χ1) is 20.3. The first kappa shape index (κ1) is 36.3. The van der Waals surface area contributed by atoms with Crippen LogP contribution in [0.25, 0.3) is 0 Å². The van der Waals surface area contributed by atoms with E-state index < -0.39 is 102 Å². The van der Waals surface area contributed by atoms with Gasteiger partial charge >= 0.3 is 12.1 Å². The molecule has 3 fully saturated rings. The van der Waals surface area contributed by atoms with Crippen LogP contribution in [-0.4, -0.2) is 120 Å². The molecule has 2 N–H and O–H groups in total. The molecule has 0 amide bonds. The van der Waals surface area contributed by atoms with Gasteiger partial charge in [-0.2, -0.15) is 0 Å². The summed E-state index contributed by atoms with van der Waals surface area (Å²) in [5.41, 5.74) is -2.78. The molecular weight excluding hydrogens is 578 g/mol. The van der Waals surface area contributed by atoms with Gasteiger partial charge in [-0.25, -0.2) is 4.79 Å². The third-order valence-electron chi connectivity index (χ3n) is 9.90. The number of methoxy groups -OCH3 is 1. The number of ketones is 2. The molecule has 0 aromatic heterocycles. The van der Waals surface area contributed by atoms with Gasteiger partial charge in [-0.05, 0) is 54.6 Å². The average molecular weight is 630 g/mol. The Morgan fingerprint density at radius 3 is 2.09 bits per heavy atom. The fourth-order valence-corrected chi connectivity index (χ4v) is 7.13. The molecule has 3 heterocycles. The normalized spacial score (nSPS) is 46.1. The monoisotopic (exact) mass is 629 g/mol. The second-order valence-corrected chi connectivity index (χ2v) is 13.3. The molecular formula is C31H51NO12. The van der Waals surface area contributed by atoms with E-state index in [4.69, 9.17) is 28.4 Å². The van der Waals surface area contributed by atoms with Gasteiger partial charge in [0.1, 0.15) is 23.9 Å². The molecule has 3 aliphatic heterocycles. The van der Waals surface area contributed by atoms with Crippen LogP contribution in [0.4, 0.5) is 4.79 Å². The Morgan fingerprint density at radius 2 is 1.55 bits per heavy atom. The lowest BCUT2D eigenvalue weighted by Gasteiger charge is -2.48. The van der Waals surface area contributed by atoms with Crippen LogP contribution in [-0.2, 0) is 42.8 Å². The lowest BCUT2D eigenvalue weighted by Crippen LogP contribution is -2.64. The summed E-state index contributed by atoms with van der Waals surface area (Å²) in [5.74, 6) is -5.40. The largest absolute Gasteiger partial charge is 0.509 e. The SMILES string of the molecule is CC[C@H]1OC(=O)[C@H](C)C(=O)[C@H](C)[C@@H](O[C@@H]2O[C@H](C)[C@@H](O)[C@H](N(C)C)[C@H]2O)[C@](C)(OC)C[C@@H](C)C(=O)[C@H](C)[C@@H]2OC(=O)O[C@]12C. The molecule has 13 heteroatoms. The highest BCUT2D eigenvalue weighted by Gasteiger charge is 2.59. The molecule has 252 valence electrons. The maximum atomic E-state index is 13.9. The summed E-state index contributed by atoms with van der Waals surface area (Å²) in [5, 5.41) is 21.9. The second kappa shape index (κ2) is 13.7. The predicted octanol–water partition coefficient (Wildman–Crippen LogP) is 1.88. The van der Waals surface area contributed by atoms with Crippen molar-refractivity contribution in [1.82, 2.24) is 4.90 Å². The summed E-state index contributed by atoms with van der Waals surface area (Å²) in [7, 11) is 4.85. The fraction of sp³-hybridized carbons (Fsp3) is 0.871. The number of aliphatic hydroxyl groups is 2. The van der Waals surface area contributed by atoms with Crippen LogP contribution in [0.1, 0.15) is 68.2 Å². The number of Topliss-reactive ketones (excluding diaryl/α,β-unsaturated/α-hetero) is 2. The number of hydrogen-bond acceptors (Lipinski definition) is 13. The van der Waals surface area contributed by atoms with Gasteiger partial charge in [0.05, 0.1) is 35.9 Å². The summed E-state index contributed by atoms with van der Waals surface area (Å²) in [6.07, 6.45) is -8.17. The van der Waals surface area contributed by atoms with Crippen molar-refractivity contribution < 1.29 is 57.8 Å². The molecule has 3 saturated heterocycles. The number of hydrogen-bond donors (Lipinski definition) is 2. The summed E-state index contributed by atoms with van der Waals surface area (Å²) in [6, 6.07) is -0.742. The first-order valence-electron chi connectivity index (χ1n) is 15.4. The number of cyclic esters (lactones) is 1. The number of nitrogens with zero attached hydrogens (tertiary/aromatic N) is 1. The highest BCUT2D eigenvalue weighted by molar-refractivity contribution is 6.00. The molecule has 0 saturated carbocycles. The van der Waals surface area contributed by atoms with Crippen molar-refractivity contribution in [2.75, 3.05) is 21.2 Å². The standard InChI is InChI=1S/C31H51NO12/c1-12-19-31(8)26(43-29(38)44-31)15(3)21(33)14(2)13-30(7,39-11)25(16(4)22(34)17(5)27(37)41-19)42-28-24(36)20(32(9)10)23(35)18(6)40-28/h14-20,23-26,28,35-36H,12-13H2,1-11H3/t14-,15+,16+,17-,18-,19-,20+,23-,24-,25-,26+,28+,30-,31-/m1/s1. The van der Waals surface area contributed by atoms with Gasteiger partial charge in [0.25, 0.3) is 0 Å². The van der Waals surface area contributed by atoms with Crippen molar-refractivity contribution in [1.29, 1.82) is 0 Å². The molecule has 0 aliphatic carbocycles. The summed E-state index contributed by atoms with van der Waals surface area (Å²) in [6.45, 7) is 13.0. The van der Waals surface area contributed by atoms with Gasteiger partial charge in [0.15, 0.2) is 23.8 Å². The first-order valence-corrected chi connectivity index (χ1v) is 15.4. The molecule has 13 nitrogen and oxygen atoms in total. The second-order valence-electron chi connectivity index (χ2n) is 13.3. The van der Waals surface area contributed by atoms with Crippen molar-refractivity contribution in [2.45, 2.75) is 128 Å². The lowest BCUT2D eigenvalue weighted by molar-refractivity contribution is -0.313. The molecule has 0 radical (unpaired) electrons. The van der Waals surface area contributed by atoms with E-state index in [9.17, 15) is 29.4 Å². The maximum Gasteiger partial charge on any atom is 0.509 e. The van der Waals surface area contributed by atoms with Crippen LogP contribution in [0, 0.1) is 23.7 Å². The van der Waals surface area contributed by atoms with Crippen molar-refractivity contribution in [3.05, 3.63) is 0 Å². The van der Waals surface area contributed by atoms with E-state index in [1.165, 1.54) is 14.0 Å². The van der Waals surface area contributed by atoms with Crippen LogP contribution in [0.15, 0.2) is 0 Å². The Kier molecular flexibility index (Phi) is 11.3. The third-order valence-corrected chi connectivity index (χ3v) is 9.90. The zero-order chi connectivity index (χ0) is 33.5. The Balaban J connectivity index is 2.10. The van der Waals surface area contributed by atoms with Gasteiger partial charge in [0.2, 0.25) is 0 Å². The van der Waals surface area contributed by atoms with Gasteiger partial charge in [-0.1, -0.05) is 27.7 Å². The van der Waals surface area contributed by atoms with E-state index >= 15 is 0 Å². The number of rotatable bonds is 5. The van der Waals surface area contributed by atoms with Crippen LogP contribution in [0.2, 0.25) is 0 Å². The number of likely N-dealkylation sites (N-methyl/N-ethyl adjacent to an activating group) is 1. The minimum absolute atomic E-state index is 0.0708. The number of esters is 1. The van der Waals surface area contributed by atoms with E-state index in [0.29, 0.717) is 0 Å². The van der Waals surface area contributed by atoms with Crippen molar-refractivity contribution >= 4 is 23.7 Å². The zero-order valence-corrected chi connectivity index (χ0v) is 27.8. The average Bonchev–Trinajstić information content (AvgIpc) is 3.28. The van der Waals surface area contributed by atoms with Crippen LogP contribution < -0.4 is 0 Å². The highest BCUT2D eigenvalue weighted by atomic mass is 16.8. The van der Waals surface area contributed by atoms with Crippen LogP contribution >= 0.6 is 0 Å². The maximum absolute atomic E-state index is 13.9. The van der Waals surface area contributed by atoms with Crippen LogP contribution in [0.5, 0.6) is 0 Å². The molecule has 0 aromatic rings. The number of fused-ring (bicyclic) bond motifs is 1. The topological polar surface area (TPSA) is 167 Å². The fourth-order valence-electron chi connectivity index (χ4n) is 7.13. The molecule has 14 atom stereocenters. The molecule has 0 spiro atoms. The number of carbonyl (C=O) groups is 4. The molecule has 0 unspecified atom stereocenters. The highest BCUT2D eigenvalue weighted by Crippen LogP contribution is 2.41. The van der Waals surface area contributed by atoms with Crippen molar-refractivity contribution in [3.63, 3.8) is 0 Å². The smallest absolute Gasteiger partial charge is 0.457 e. The van der Waals surface area contributed by atoms with Crippen molar-refractivity contribution in [3.8, 4) is 0 Å². The van der Waals surface area contributed by atoms with Gasteiger partial charge in [-0.3, -0.25) is 14.4 Å². The minimum Gasteiger partial charge on any atom is -0.457 e. The van der Waals surface area contributed by atoms with E-state index in [1.54, 1.807) is 67.5 Å². The van der Waals surface area contributed by atoms with Gasteiger partial charge in [-0.15, -0.1) is 0 Å². The van der Waals surface area contributed by atoms with Crippen LogP contribution in [0.3, 0.4) is 0 Å². The third kappa shape index (κ3) is 6.68. The van der Waals surface area contributed by atoms with E-state index in [0.717, 1.165) is 0 Å². The van der Waals surface area contributed by atoms with E-state index in [-0.39, 0.29) is 18.6 Å². The Morgan fingerprint density at radius 1 is 0.932 bits per heavy atom. The zero-order valence-electron chi connectivity index (χ0n) is 27.8. The minimum atomic E-state index is -1.47. The number of carbonyl (C=O) groups excluding carboxylic acids is 4. The quantitative estimate of drug-likeness (QED) is 0.334. The number of ether oxygens (including phenoxy) is 6. The molecule has 0 bridgehead atoms. The summed E-state index contributed by atoms with van der Waals surface area (Å²) < 4.78 is 35.1. The van der Waals surface area contributed by atoms with Gasteiger partial charge in [0, 0.05) is 18.9 Å². The lowest BCUT2D eigenvalue weighted by atomic mass is 9.74. The predicted molar refractivity (Wildman–Crippen MR) is 155 cm³/mol. The molecule has 0 aromatic carbocycles. The Hall–Kier alpha value is -2.16. The van der Waals surface area contributed by atoms with E-state index in [1.807, 2.05) is 0 Å². The summed E-state index contributed by atoms with van der Waals surface area (Å²) in [4.78, 5) is 55.3. The van der Waals surface area contributed by atoms with Crippen molar-refractivity contribution in [2.24, 2.45) is 23.7 Å². The summed E-state index contributed by atoms with van der Waals surface area (Å²) >= 11 is 0. The molecule has 3 aliphatic rings. The molecule has 44 heavy (non-hydrogen) atoms. The molecule has 3 rings (SSSR count).